The molecule has 0 aliphatic heterocycles. The average Bonchev–Trinajstić information content (AvgIpc) is 2.44. The van der Waals surface area contributed by atoms with Crippen LogP contribution in [0.1, 0.15) is 37.9 Å². The first kappa shape index (κ1) is 18.1. The highest BCUT2D eigenvalue weighted by molar-refractivity contribution is 5.24. The van der Waals surface area contributed by atoms with Crippen LogP contribution in [-0.4, -0.2) is 43.7 Å². The van der Waals surface area contributed by atoms with Gasteiger partial charge >= 0.3 is 0 Å². The van der Waals surface area contributed by atoms with Crippen LogP contribution in [0.2, 0.25) is 0 Å². The lowest BCUT2D eigenvalue weighted by atomic mass is 10.1. The molecule has 0 heterocycles. The normalized spacial score (nSPS) is 14.4. The number of benzene rings is 1. The second-order valence-corrected chi connectivity index (χ2v) is 5.69. The summed E-state index contributed by atoms with van der Waals surface area (Å²) in [5.74, 6) is 0. The minimum absolute atomic E-state index is 0.212. The fourth-order valence-electron chi connectivity index (χ4n) is 1.99. The van der Waals surface area contributed by atoms with Crippen molar-refractivity contribution in [3.05, 3.63) is 35.4 Å². The molecule has 1 aromatic carbocycles. The van der Waals surface area contributed by atoms with Gasteiger partial charge in [-0.2, -0.15) is 0 Å². The number of nitrogens with one attached hydrogen (secondary N) is 1. The molecule has 21 heavy (non-hydrogen) atoms. The SMILES string of the molecule is Cc1cccc([C@H](C)NCC(O)COCCOC(C)C)c1. The third-order valence-corrected chi connectivity index (χ3v) is 3.19. The standard InChI is InChI=1S/C17H29NO3/c1-13(2)21-9-8-20-12-17(19)11-18-15(4)16-7-5-6-14(3)10-16/h5-7,10,13,15,17-19H,8-9,11-12H2,1-4H3/t15-,17?/m0/s1. The van der Waals surface area contributed by atoms with Gasteiger partial charge in [-0.1, -0.05) is 29.8 Å². The van der Waals surface area contributed by atoms with Gasteiger partial charge in [0.15, 0.2) is 0 Å². The fourth-order valence-corrected chi connectivity index (χ4v) is 1.99. The first-order valence-corrected chi connectivity index (χ1v) is 7.66. The Morgan fingerprint density at radius 2 is 1.95 bits per heavy atom. The molecule has 0 bridgehead atoms. The van der Waals surface area contributed by atoms with Gasteiger partial charge in [-0.05, 0) is 33.3 Å². The van der Waals surface area contributed by atoms with Crippen molar-refractivity contribution in [2.45, 2.75) is 45.9 Å². The Kier molecular flexibility index (Phi) is 8.54. The van der Waals surface area contributed by atoms with Crippen molar-refractivity contribution in [3.8, 4) is 0 Å². The summed E-state index contributed by atoms with van der Waals surface area (Å²) in [6.07, 6.45) is -0.285. The van der Waals surface area contributed by atoms with Crippen molar-refractivity contribution in [3.63, 3.8) is 0 Å². The number of hydrogen-bond donors (Lipinski definition) is 2. The van der Waals surface area contributed by atoms with Gasteiger partial charge in [0.1, 0.15) is 0 Å². The molecule has 1 unspecified atom stereocenters. The van der Waals surface area contributed by atoms with Crippen LogP contribution in [0.5, 0.6) is 0 Å². The van der Waals surface area contributed by atoms with E-state index >= 15 is 0 Å². The van der Waals surface area contributed by atoms with E-state index in [2.05, 4.69) is 43.4 Å². The van der Waals surface area contributed by atoms with E-state index in [-0.39, 0.29) is 12.1 Å². The van der Waals surface area contributed by atoms with Gasteiger partial charge < -0.3 is 19.9 Å². The lowest BCUT2D eigenvalue weighted by Gasteiger charge is -2.18. The zero-order valence-corrected chi connectivity index (χ0v) is 13.6. The summed E-state index contributed by atoms with van der Waals surface area (Å²) < 4.78 is 10.8. The average molecular weight is 295 g/mol. The first-order valence-electron chi connectivity index (χ1n) is 7.66. The summed E-state index contributed by atoms with van der Waals surface area (Å²) in [7, 11) is 0. The molecule has 2 atom stereocenters. The molecule has 0 fully saturated rings. The second-order valence-electron chi connectivity index (χ2n) is 5.69. The molecular weight excluding hydrogens is 266 g/mol. The molecular formula is C17H29NO3. The predicted octanol–water partition coefficient (Wildman–Crippen LogP) is 2.45. The number of aliphatic hydroxyl groups excluding tert-OH is 1. The van der Waals surface area contributed by atoms with Crippen molar-refractivity contribution in [1.82, 2.24) is 5.32 Å². The third-order valence-electron chi connectivity index (χ3n) is 3.19. The van der Waals surface area contributed by atoms with E-state index in [4.69, 9.17) is 9.47 Å². The minimum Gasteiger partial charge on any atom is -0.389 e. The monoisotopic (exact) mass is 295 g/mol. The van der Waals surface area contributed by atoms with Crippen LogP contribution in [0.3, 0.4) is 0 Å². The summed E-state index contributed by atoms with van der Waals surface area (Å²) in [5.41, 5.74) is 2.48. The Balaban J connectivity index is 2.16. The molecule has 120 valence electrons. The van der Waals surface area contributed by atoms with E-state index < -0.39 is 6.10 Å². The van der Waals surface area contributed by atoms with E-state index in [9.17, 15) is 5.11 Å². The molecule has 0 saturated heterocycles. The van der Waals surface area contributed by atoms with E-state index in [1.54, 1.807) is 0 Å². The Morgan fingerprint density at radius 1 is 1.19 bits per heavy atom. The highest BCUT2D eigenvalue weighted by Gasteiger charge is 2.09. The Labute approximate surface area is 128 Å². The van der Waals surface area contributed by atoms with Gasteiger partial charge in [-0.3, -0.25) is 0 Å². The molecule has 0 spiro atoms. The summed E-state index contributed by atoms with van der Waals surface area (Å²) in [4.78, 5) is 0. The second kappa shape index (κ2) is 9.90. The summed E-state index contributed by atoms with van der Waals surface area (Å²) >= 11 is 0. The van der Waals surface area contributed by atoms with Gasteiger partial charge in [0.25, 0.3) is 0 Å². The van der Waals surface area contributed by atoms with Crippen molar-refractivity contribution in [2.75, 3.05) is 26.4 Å². The number of hydrogen-bond acceptors (Lipinski definition) is 4. The van der Waals surface area contributed by atoms with E-state index in [0.29, 0.717) is 26.4 Å². The van der Waals surface area contributed by atoms with Gasteiger partial charge in [0.05, 0.1) is 32.0 Å². The van der Waals surface area contributed by atoms with Crippen LogP contribution in [0, 0.1) is 6.92 Å². The molecule has 1 rings (SSSR count). The van der Waals surface area contributed by atoms with Crippen molar-refractivity contribution < 1.29 is 14.6 Å². The van der Waals surface area contributed by atoms with Crippen LogP contribution in [0.4, 0.5) is 0 Å². The Hall–Kier alpha value is -0.940. The molecule has 4 heteroatoms. The number of aryl methyl sites for hydroxylation is 1. The zero-order chi connectivity index (χ0) is 15.7. The molecule has 0 saturated carbocycles. The number of ether oxygens (including phenoxy) is 2. The maximum Gasteiger partial charge on any atom is 0.0897 e. The van der Waals surface area contributed by atoms with Crippen LogP contribution >= 0.6 is 0 Å². The lowest BCUT2D eigenvalue weighted by Crippen LogP contribution is -2.32. The fraction of sp³-hybridized carbons (Fsp3) is 0.647. The predicted molar refractivity (Wildman–Crippen MR) is 85.5 cm³/mol. The molecule has 0 radical (unpaired) electrons. The van der Waals surface area contributed by atoms with E-state index in [1.165, 1.54) is 11.1 Å². The quantitative estimate of drug-likeness (QED) is 0.651. The van der Waals surface area contributed by atoms with Gasteiger partial charge in [-0.25, -0.2) is 0 Å². The summed E-state index contributed by atoms with van der Waals surface area (Å²) in [5, 5.41) is 13.2. The van der Waals surface area contributed by atoms with E-state index in [1.807, 2.05) is 13.8 Å². The molecule has 4 nitrogen and oxygen atoms in total. The molecule has 0 aliphatic carbocycles. The molecule has 1 aromatic rings. The topological polar surface area (TPSA) is 50.7 Å². The molecule has 2 N–H and O–H groups in total. The number of aliphatic hydroxyl groups is 1. The molecule has 0 aliphatic rings. The zero-order valence-electron chi connectivity index (χ0n) is 13.6. The summed E-state index contributed by atoms with van der Waals surface area (Å²) in [6, 6.07) is 8.60. The molecule has 0 amide bonds. The largest absolute Gasteiger partial charge is 0.389 e. The maximum atomic E-state index is 9.88. The van der Waals surface area contributed by atoms with Crippen molar-refractivity contribution in [1.29, 1.82) is 0 Å². The van der Waals surface area contributed by atoms with Crippen LogP contribution < -0.4 is 5.32 Å². The highest BCUT2D eigenvalue weighted by atomic mass is 16.5. The maximum absolute atomic E-state index is 9.88. The van der Waals surface area contributed by atoms with Gasteiger partial charge in [-0.15, -0.1) is 0 Å². The number of rotatable bonds is 10. The Bertz CT molecular complexity index is 395. The Morgan fingerprint density at radius 3 is 2.62 bits per heavy atom. The molecule has 0 aromatic heterocycles. The van der Waals surface area contributed by atoms with Crippen LogP contribution in [0.25, 0.3) is 0 Å². The van der Waals surface area contributed by atoms with Gasteiger partial charge in [0.2, 0.25) is 0 Å². The van der Waals surface area contributed by atoms with Crippen molar-refractivity contribution in [2.24, 2.45) is 0 Å². The summed E-state index contributed by atoms with van der Waals surface area (Å²) in [6.45, 7) is 10.1. The highest BCUT2D eigenvalue weighted by Crippen LogP contribution is 2.13. The van der Waals surface area contributed by atoms with Crippen LogP contribution in [0.15, 0.2) is 24.3 Å². The smallest absolute Gasteiger partial charge is 0.0897 e. The third kappa shape index (κ3) is 8.17. The van der Waals surface area contributed by atoms with Gasteiger partial charge in [0, 0.05) is 12.6 Å². The van der Waals surface area contributed by atoms with Crippen LogP contribution in [-0.2, 0) is 9.47 Å². The first-order chi connectivity index (χ1) is 9.99. The minimum atomic E-state index is -0.503. The lowest BCUT2D eigenvalue weighted by molar-refractivity contribution is -0.0104. The van der Waals surface area contributed by atoms with E-state index in [0.717, 1.165) is 0 Å². The van der Waals surface area contributed by atoms with Crippen molar-refractivity contribution >= 4 is 0 Å².